The third kappa shape index (κ3) is 3.01. The maximum absolute atomic E-state index is 11.6. The SMILES string of the molecule is CCOC(=O)c1cccc(NC2CCOC2C)c1. The van der Waals surface area contributed by atoms with Crippen molar-refractivity contribution in [2.75, 3.05) is 18.5 Å². The number of rotatable bonds is 4. The molecule has 2 unspecified atom stereocenters. The Kier molecular flexibility index (Phi) is 4.20. The van der Waals surface area contributed by atoms with Crippen LogP contribution in [-0.4, -0.2) is 31.3 Å². The van der Waals surface area contributed by atoms with E-state index in [1.54, 1.807) is 13.0 Å². The summed E-state index contributed by atoms with van der Waals surface area (Å²) in [5.74, 6) is -0.281. The van der Waals surface area contributed by atoms with Crippen molar-refractivity contribution in [2.45, 2.75) is 32.4 Å². The van der Waals surface area contributed by atoms with Crippen LogP contribution < -0.4 is 5.32 Å². The van der Waals surface area contributed by atoms with E-state index in [0.29, 0.717) is 18.2 Å². The topological polar surface area (TPSA) is 47.6 Å². The lowest BCUT2D eigenvalue weighted by Gasteiger charge is -2.17. The van der Waals surface area contributed by atoms with E-state index >= 15 is 0 Å². The lowest BCUT2D eigenvalue weighted by atomic mass is 10.1. The summed E-state index contributed by atoms with van der Waals surface area (Å²) in [6, 6.07) is 7.70. The lowest BCUT2D eigenvalue weighted by molar-refractivity contribution is 0.0526. The van der Waals surface area contributed by atoms with Gasteiger partial charge in [0.15, 0.2) is 0 Å². The van der Waals surface area contributed by atoms with Crippen LogP contribution in [0.25, 0.3) is 0 Å². The largest absolute Gasteiger partial charge is 0.462 e. The van der Waals surface area contributed by atoms with E-state index in [4.69, 9.17) is 9.47 Å². The van der Waals surface area contributed by atoms with Gasteiger partial charge in [-0.2, -0.15) is 0 Å². The molecule has 2 atom stereocenters. The Morgan fingerprint density at radius 3 is 3.06 bits per heavy atom. The van der Waals surface area contributed by atoms with Gasteiger partial charge in [0, 0.05) is 12.3 Å². The second-order valence-electron chi connectivity index (χ2n) is 4.42. The smallest absolute Gasteiger partial charge is 0.338 e. The fourth-order valence-electron chi connectivity index (χ4n) is 2.09. The molecule has 0 saturated carbocycles. The van der Waals surface area contributed by atoms with Gasteiger partial charge < -0.3 is 14.8 Å². The number of hydrogen-bond donors (Lipinski definition) is 1. The van der Waals surface area contributed by atoms with Crippen LogP contribution in [0, 0.1) is 0 Å². The molecule has 0 amide bonds. The van der Waals surface area contributed by atoms with Crippen molar-refractivity contribution >= 4 is 11.7 Å². The summed E-state index contributed by atoms with van der Waals surface area (Å²) < 4.78 is 10.5. The Morgan fingerprint density at radius 1 is 1.56 bits per heavy atom. The summed E-state index contributed by atoms with van der Waals surface area (Å²) in [5, 5.41) is 3.40. The minimum absolute atomic E-state index is 0.205. The molecule has 1 N–H and O–H groups in total. The minimum Gasteiger partial charge on any atom is -0.462 e. The molecule has 1 aromatic rings. The zero-order chi connectivity index (χ0) is 13.0. The third-order valence-electron chi connectivity index (χ3n) is 3.10. The molecule has 0 bridgehead atoms. The van der Waals surface area contributed by atoms with E-state index in [-0.39, 0.29) is 12.1 Å². The van der Waals surface area contributed by atoms with Gasteiger partial charge >= 0.3 is 5.97 Å². The van der Waals surface area contributed by atoms with Crippen LogP contribution in [0.2, 0.25) is 0 Å². The second-order valence-corrected chi connectivity index (χ2v) is 4.42. The van der Waals surface area contributed by atoms with Crippen molar-refractivity contribution in [3.05, 3.63) is 29.8 Å². The van der Waals surface area contributed by atoms with E-state index in [0.717, 1.165) is 18.7 Å². The van der Waals surface area contributed by atoms with Gasteiger partial charge in [0.1, 0.15) is 0 Å². The number of anilines is 1. The molecule has 4 nitrogen and oxygen atoms in total. The highest BCUT2D eigenvalue weighted by atomic mass is 16.5. The molecule has 1 fully saturated rings. The molecule has 1 aromatic carbocycles. The summed E-state index contributed by atoms with van der Waals surface area (Å²) in [4.78, 5) is 11.6. The van der Waals surface area contributed by atoms with Gasteiger partial charge in [-0.15, -0.1) is 0 Å². The Hall–Kier alpha value is -1.55. The van der Waals surface area contributed by atoms with Gasteiger partial charge in [0.25, 0.3) is 0 Å². The number of esters is 1. The zero-order valence-electron chi connectivity index (χ0n) is 10.8. The van der Waals surface area contributed by atoms with E-state index in [1.165, 1.54) is 0 Å². The second kappa shape index (κ2) is 5.87. The summed E-state index contributed by atoms with van der Waals surface area (Å²) in [7, 11) is 0. The average molecular weight is 249 g/mol. The average Bonchev–Trinajstić information content (AvgIpc) is 2.76. The Balaban J connectivity index is 2.05. The van der Waals surface area contributed by atoms with Crippen LogP contribution in [0.1, 0.15) is 30.6 Å². The quantitative estimate of drug-likeness (QED) is 0.833. The molecule has 0 aliphatic carbocycles. The van der Waals surface area contributed by atoms with Gasteiger partial charge in [-0.05, 0) is 38.5 Å². The summed E-state index contributed by atoms with van der Waals surface area (Å²) in [5.41, 5.74) is 1.51. The van der Waals surface area contributed by atoms with Crippen molar-refractivity contribution < 1.29 is 14.3 Å². The van der Waals surface area contributed by atoms with E-state index in [9.17, 15) is 4.79 Å². The maximum atomic E-state index is 11.6. The summed E-state index contributed by atoms with van der Waals surface area (Å²) in [6.45, 7) is 5.04. The van der Waals surface area contributed by atoms with E-state index in [1.807, 2.05) is 18.2 Å². The molecule has 2 rings (SSSR count). The summed E-state index contributed by atoms with van der Waals surface area (Å²) in [6.07, 6.45) is 1.20. The van der Waals surface area contributed by atoms with Gasteiger partial charge in [0.05, 0.1) is 24.3 Å². The van der Waals surface area contributed by atoms with Crippen LogP contribution in [0.4, 0.5) is 5.69 Å². The molecule has 1 saturated heterocycles. The fraction of sp³-hybridized carbons (Fsp3) is 0.500. The number of benzene rings is 1. The first kappa shape index (κ1) is 12.9. The molecule has 0 spiro atoms. The van der Waals surface area contributed by atoms with Gasteiger partial charge in [-0.25, -0.2) is 4.79 Å². The Morgan fingerprint density at radius 2 is 2.39 bits per heavy atom. The maximum Gasteiger partial charge on any atom is 0.338 e. The van der Waals surface area contributed by atoms with Crippen LogP contribution in [0.3, 0.4) is 0 Å². The predicted octanol–water partition coefficient (Wildman–Crippen LogP) is 2.45. The number of carbonyl (C=O) groups excluding carboxylic acids is 1. The molecule has 0 radical (unpaired) electrons. The highest BCUT2D eigenvalue weighted by Crippen LogP contribution is 2.19. The van der Waals surface area contributed by atoms with Crippen molar-refractivity contribution in [1.82, 2.24) is 0 Å². The third-order valence-corrected chi connectivity index (χ3v) is 3.10. The van der Waals surface area contributed by atoms with Gasteiger partial charge in [-0.1, -0.05) is 6.07 Å². The van der Waals surface area contributed by atoms with Crippen molar-refractivity contribution in [2.24, 2.45) is 0 Å². The van der Waals surface area contributed by atoms with Gasteiger partial charge in [-0.3, -0.25) is 0 Å². The molecular formula is C14H19NO3. The highest BCUT2D eigenvalue weighted by Gasteiger charge is 2.23. The Labute approximate surface area is 107 Å². The van der Waals surface area contributed by atoms with Crippen molar-refractivity contribution in [3.63, 3.8) is 0 Å². The standard InChI is InChI=1S/C14H19NO3/c1-3-17-14(16)11-5-4-6-12(9-11)15-13-7-8-18-10(13)2/h4-6,9-10,13,15H,3,7-8H2,1-2H3. The molecule has 1 aliphatic heterocycles. The number of ether oxygens (including phenoxy) is 2. The van der Waals surface area contributed by atoms with Gasteiger partial charge in [0.2, 0.25) is 0 Å². The molecule has 1 heterocycles. The first-order chi connectivity index (χ1) is 8.70. The van der Waals surface area contributed by atoms with E-state index in [2.05, 4.69) is 12.2 Å². The minimum atomic E-state index is -0.281. The molecule has 1 aliphatic rings. The molecule has 98 valence electrons. The number of carbonyl (C=O) groups is 1. The van der Waals surface area contributed by atoms with Crippen LogP contribution in [-0.2, 0) is 9.47 Å². The molecule has 0 aromatic heterocycles. The molecular weight excluding hydrogens is 230 g/mol. The zero-order valence-corrected chi connectivity index (χ0v) is 10.8. The van der Waals surface area contributed by atoms with Crippen LogP contribution >= 0.6 is 0 Å². The monoisotopic (exact) mass is 249 g/mol. The van der Waals surface area contributed by atoms with Crippen LogP contribution in [0.15, 0.2) is 24.3 Å². The Bertz CT molecular complexity index is 419. The fourth-order valence-corrected chi connectivity index (χ4v) is 2.09. The van der Waals surface area contributed by atoms with E-state index < -0.39 is 0 Å². The lowest BCUT2D eigenvalue weighted by Crippen LogP contribution is -2.26. The molecule has 18 heavy (non-hydrogen) atoms. The number of nitrogens with one attached hydrogen (secondary N) is 1. The number of hydrogen-bond acceptors (Lipinski definition) is 4. The molecule has 4 heteroatoms. The highest BCUT2D eigenvalue weighted by molar-refractivity contribution is 5.90. The van der Waals surface area contributed by atoms with Crippen molar-refractivity contribution in [1.29, 1.82) is 0 Å². The summed E-state index contributed by atoms with van der Waals surface area (Å²) >= 11 is 0. The predicted molar refractivity (Wildman–Crippen MR) is 69.8 cm³/mol. The van der Waals surface area contributed by atoms with Crippen LogP contribution in [0.5, 0.6) is 0 Å². The normalized spacial score (nSPS) is 22.8. The first-order valence-corrected chi connectivity index (χ1v) is 6.36. The van der Waals surface area contributed by atoms with Crippen molar-refractivity contribution in [3.8, 4) is 0 Å². The first-order valence-electron chi connectivity index (χ1n) is 6.36.